The van der Waals surface area contributed by atoms with Gasteiger partial charge in [-0.3, -0.25) is 4.79 Å². The highest BCUT2D eigenvalue weighted by molar-refractivity contribution is 14.1. The van der Waals surface area contributed by atoms with Crippen molar-refractivity contribution in [3.8, 4) is 0 Å². The Hall–Kier alpha value is -0.590. The van der Waals surface area contributed by atoms with E-state index >= 15 is 0 Å². The van der Waals surface area contributed by atoms with Crippen molar-refractivity contribution in [2.45, 2.75) is 12.6 Å². The van der Waals surface area contributed by atoms with Gasteiger partial charge < -0.3 is 0 Å². The van der Waals surface area contributed by atoms with Crippen molar-refractivity contribution in [2.75, 3.05) is 0 Å². The highest BCUT2D eigenvalue weighted by Crippen LogP contribution is 2.19. The number of hydrogen-bond acceptors (Lipinski definition) is 1. The molecule has 0 aliphatic carbocycles. The van der Waals surface area contributed by atoms with E-state index in [4.69, 9.17) is 0 Å². The van der Waals surface area contributed by atoms with Gasteiger partial charge in [0.2, 0.25) is 5.78 Å². The van der Waals surface area contributed by atoms with Gasteiger partial charge in [0.05, 0.1) is 0 Å². The van der Waals surface area contributed by atoms with Crippen LogP contribution in [0.4, 0.5) is 13.2 Å². The van der Waals surface area contributed by atoms with E-state index < -0.39 is 18.4 Å². The number of hydrogen-bond donors (Lipinski definition) is 0. The predicted molar refractivity (Wildman–Crippen MR) is 53.9 cm³/mol. The van der Waals surface area contributed by atoms with Gasteiger partial charge in [0, 0.05) is 9.99 Å². The van der Waals surface area contributed by atoms with Crippen LogP contribution >= 0.6 is 22.6 Å². The molecule has 0 spiro atoms. The maximum Gasteiger partial charge on any atom is 0.450 e. The fraction of sp³-hybridized carbons (Fsp3) is 0.222. The maximum absolute atomic E-state index is 11.9. The lowest BCUT2D eigenvalue weighted by Crippen LogP contribution is -2.24. The molecule has 0 radical (unpaired) electrons. The zero-order valence-corrected chi connectivity index (χ0v) is 9.09. The molecule has 0 atom stereocenters. The van der Waals surface area contributed by atoms with Gasteiger partial charge in [-0.05, 0) is 40.3 Å². The molecule has 1 aromatic rings. The van der Waals surface area contributed by atoms with E-state index in [0.717, 1.165) is 3.57 Å². The van der Waals surface area contributed by atoms with E-state index in [2.05, 4.69) is 0 Å². The van der Waals surface area contributed by atoms with Crippen LogP contribution in [0.1, 0.15) is 5.56 Å². The third-order valence-corrected chi connectivity index (χ3v) is 2.31. The number of carbonyl (C=O) groups is 1. The molecule has 0 aliphatic rings. The lowest BCUT2D eigenvalue weighted by atomic mass is 10.1. The first-order chi connectivity index (χ1) is 6.39. The zero-order chi connectivity index (χ0) is 10.8. The van der Waals surface area contributed by atoms with Gasteiger partial charge in [-0.15, -0.1) is 0 Å². The quantitative estimate of drug-likeness (QED) is 0.767. The molecule has 0 saturated carbocycles. The van der Waals surface area contributed by atoms with Crippen LogP contribution in [0.15, 0.2) is 24.3 Å². The second-order valence-corrected chi connectivity index (χ2v) is 3.97. The molecule has 5 heteroatoms. The smallest absolute Gasteiger partial charge is 0.289 e. The van der Waals surface area contributed by atoms with Crippen molar-refractivity contribution >= 4 is 28.4 Å². The minimum Gasteiger partial charge on any atom is -0.289 e. The van der Waals surface area contributed by atoms with E-state index in [1.165, 1.54) is 12.1 Å². The largest absolute Gasteiger partial charge is 0.450 e. The minimum atomic E-state index is -4.73. The molecule has 0 heterocycles. The van der Waals surface area contributed by atoms with Crippen molar-refractivity contribution < 1.29 is 18.0 Å². The second kappa shape index (κ2) is 4.29. The van der Waals surface area contributed by atoms with Crippen LogP contribution in [0, 0.1) is 3.57 Å². The number of benzene rings is 1. The summed E-state index contributed by atoms with van der Waals surface area (Å²) in [5, 5.41) is 0. The van der Waals surface area contributed by atoms with Crippen LogP contribution in [-0.2, 0) is 11.2 Å². The molecule has 0 fully saturated rings. The Morgan fingerprint density at radius 1 is 1.21 bits per heavy atom. The lowest BCUT2D eigenvalue weighted by molar-refractivity contribution is -0.170. The lowest BCUT2D eigenvalue weighted by Gasteiger charge is -2.04. The van der Waals surface area contributed by atoms with Gasteiger partial charge in [0.1, 0.15) is 0 Å². The van der Waals surface area contributed by atoms with Crippen LogP contribution in [0.2, 0.25) is 0 Å². The molecular formula is C9H6F3IO. The summed E-state index contributed by atoms with van der Waals surface area (Å²) >= 11 is 2.04. The Labute approximate surface area is 92.4 Å². The monoisotopic (exact) mass is 314 g/mol. The van der Waals surface area contributed by atoms with Crippen LogP contribution in [0.3, 0.4) is 0 Å². The molecule has 0 bridgehead atoms. The fourth-order valence-electron chi connectivity index (χ4n) is 0.888. The predicted octanol–water partition coefficient (Wildman–Crippen LogP) is 2.97. The molecule has 0 N–H and O–H groups in total. The second-order valence-electron chi connectivity index (χ2n) is 2.72. The average molecular weight is 314 g/mol. The number of carbonyl (C=O) groups excluding carboxylic acids is 1. The standard InChI is InChI=1S/C9H6F3IO/c10-9(11,12)8(14)5-6-1-3-7(13)4-2-6/h1-4H,5H2. The number of halogens is 4. The van der Waals surface area contributed by atoms with Crippen LogP contribution < -0.4 is 0 Å². The summed E-state index contributed by atoms with van der Waals surface area (Å²) in [4.78, 5) is 10.6. The van der Waals surface area contributed by atoms with Gasteiger partial charge in [0.25, 0.3) is 0 Å². The van der Waals surface area contributed by atoms with Crippen LogP contribution in [-0.4, -0.2) is 12.0 Å². The molecule has 1 rings (SSSR count). The minimum absolute atomic E-state index is 0.382. The Morgan fingerprint density at radius 2 is 1.71 bits per heavy atom. The number of ketones is 1. The molecule has 1 aromatic carbocycles. The summed E-state index contributed by atoms with van der Waals surface area (Å²) in [6.07, 6.45) is -5.32. The first kappa shape index (κ1) is 11.5. The number of Topliss-reactive ketones (excluding diaryl/α,β-unsaturated/α-hetero) is 1. The molecule has 76 valence electrons. The first-order valence-electron chi connectivity index (χ1n) is 3.74. The van der Waals surface area contributed by atoms with E-state index in [1.54, 1.807) is 12.1 Å². The summed E-state index contributed by atoms with van der Waals surface area (Å²) in [6.45, 7) is 0. The van der Waals surface area contributed by atoms with Crippen molar-refractivity contribution in [1.82, 2.24) is 0 Å². The first-order valence-corrected chi connectivity index (χ1v) is 4.82. The van der Waals surface area contributed by atoms with E-state index in [1.807, 2.05) is 22.6 Å². The summed E-state index contributed by atoms with van der Waals surface area (Å²) in [5.74, 6) is -1.71. The summed E-state index contributed by atoms with van der Waals surface area (Å²) in [7, 11) is 0. The van der Waals surface area contributed by atoms with Crippen molar-refractivity contribution in [3.05, 3.63) is 33.4 Å². The van der Waals surface area contributed by atoms with Crippen molar-refractivity contribution in [2.24, 2.45) is 0 Å². The van der Waals surface area contributed by atoms with Crippen molar-refractivity contribution in [3.63, 3.8) is 0 Å². The Morgan fingerprint density at radius 3 is 2.14 bits per heavy atom. The van der Waals surface area contributed by atoms with E-state index in [0.29, 0.717) is 5.56 Å². The topological polar surface area (TPSA) is 17.1 Å². The highest BCUT2D eigenvalue weighted by Gasteiger charge is 2.37. The van der Waals surface area contributed by atoms with E-state index in [9.17, 15) is 18.0 Å². The van der Waals surface area contributed by atoms with E-state index in [-0.39, 0.29) is 0 Å². The maximum atomic E-state index is 11.9. The summed E-state index contributed by atoms with van der Waals surface area (Å²) in [6, 6.07) is 6.37. The fourth-order valence-corrected chi connectivity index (χ4v) is 1.25. The highest BCUT2D eigenvalue weighted by atomic mass is 127. The van der Waals surface area contributed by atoms with Crippen molar-refractivity contribution in [1.29, 1.82) is 0 Å². The molecule has 0 aliphatic heterocycles. The Kier molecular flexibility index (Phi) is 3.52. The molecular weight excluding hydrogens is 308 g/mol. The van der Waals surface area contributed by atoms with Gasteiger partial charge in [-0.2, -0.15) is 13.2 Å². The SMILES string of the molecule is O=C(Cc1ccc(I)cc1)C(F)(F)F. The average Bonchev–Trinajstić information content (AvgIpc) is 2.07. The summed E-state index contributed by atoms with van der Waals surface area (Å²) in [5.41, 5.74) is 0.382. The van der Waals surface area contributed by atoms with Gasteiger partial charge in [0.15, 0.2) is 0 Å². The normalized spacial score (nSPS) is 11.4. The third kappa shape index (κ3) is 3.28. The van der Waals surface area contributed by atoms with Gasteiger partial charge >= 0.3 is 6.18 Å². The zero-order valence-electron chi connectivity index (χ0n) is 6.94. The molecule has 1 nitrogen and oxygen atoms in total. The number of rotatable bonds is 2. The Bertz CT molecular complexity index is 329. The molecule has 0 saturated heterocycles. The van der Waals surface area contributed by atoms with Gasteiger partial charge in [-0.1, -0.05) is 12.1 Å². The molecule has 0 aromatic heterocycles. The number of alkyl halides is 3. The van der Waals surface area contributed by atoms with Gasteiger partial charge in [-0.25, -0.2) is 0 Å². The third-order valence-electron chi connectivity index (χ3n) is 1.59. The van der Waals surface area contributed by atoms with Crippen LogP contribution in [0.5, 0.6) is 0 Å². The molecule has 0 unspecified atom stereocenters. The Balaban J connectivity index is 2.71. The molecule has 14 heavy (non-hydrogen) atoms. The summed E-state index contributed by atoms with van der Waals surface area (Å²) < 4.78 is 36.5. The molecule has 0 amide bonds. The van der Waals surface area contributed by atoms with Crippen LogP contribution in [0.25, 0.3) is 0 Å².